The zero-order valence-electron chi connectivity index (χ0n) is 14.9. The van der Waals surface area contributed by atoms with Crippen LogP contribution in [0.4, 0.5) is 5.69 Å². The van der Waals surface area contributed by atoms with E-state index in [-0.39, 0.29) is 5.91 Å². The minimum atomic E-state index is -0.0636. The summed E-state index contributed by atoms with van der Waals surface area (Å²) in [5, 5.41) is 4.22. The van der Waals surface area contributed by atoms with Gasteiger partial charge in [0.2, 0.25) is 0 Å². The molecule has 1 amide bonds. The molecule has 124 valence electrons. The summed E-state index contributed by atoms with van der Waals surface area (Å²) in [7, 11) is 0. The Morgan fingerprint density at radius 2 is 1.83 bits per heavy atom. The van der Waals surface area contributed by atoms with Gasteiger partial charge < -0.3 is 10.3 Å². The first-order valence-corrected chi connectivity index (χ1v) is 8.38. The summed E-state index contributed by atoms with van der Waals surface area (Å²) in [6.45, 7) is 10.4. The Morgan fingerprint density at radius 1 is 1.08 bits per heavy atom. The van der Waals surface area contributed by atoms with E-state index in [2.05, 4.69) is 44.1 Å². The van der Waals surface area contributed by atoms with Crippen LogP contribution in [0.3, 0.4) is 0 Å². The van der Waals surface area contributed by atoms with Gasteiger partial charge in [0, 0.05) is 27.8 Å². The van der Waals surface area contributed by atoms with Crippen LogP contribution in [0.5, 0.6) is 0 Å². The molecule has 0 spiro atoms. The SMILES string of the molecule is Cc1cccc(C(C)C)c1NC(=O)c1ccc2[nH]c(C)c(C)c2c1. The Kier molecular flexibility index (Phi) is 4.18. The first-order chi connectivity index (χ1) is 11.4. The van der Waals surface area contributed by atoms with Gasteiger partial charge in [-0.25, -0.2) is 0 Å². The maximum absolute atomic E-state index is 12.8. The van der Waals surface area contributed by atoms with Crippen LogP contribution in [-0.2, 0) is 0 Å². The van der Waals surface area contributed by atoms with Gasteiger partial charge in [-0.2, -0.15) is 0 Å². The smallest absolute Gasteiger partial charge is 0.255 e. The van der Waals surface area contributed by atoms with Crippen LogP contribution in [0.25, 0.3) is 10.9 Å². The predicted molar refractivity (Wildman–Crippen MR) is 101 cm³/mol. The molecule has 0 bridgehead atoms. The summed E-state index contributed by atoms with van der Waals surface area (Å²) in [6.07, 6.45) is 0. The number of fused-ring (bicyclic) bond motifs is 1. The van der Waals surface area contributed by atoms with Gasteiger partial charge in [-0.15, -0.1) is 0 Å². The van der Waals surface area contributed by atoms with E-state index < -0.39 is 0 Å². The monoisotopic (exact) mass is 320 g/mol. The van der Waals surface area contributed by atoms with Crippen molar-refractivity contribution in [2.24, 2.45) is 0 Å². The van der Waals surface area contributed by atoms with Gasteiger partial charge in [0.15, 0.2) is 0 Å². The highest BCUT2D eigenvalue weighted by Crippen LogP contribution is 2.28. The Hall–Kier alpha value is -2.55. The standard InChI is InChI=1S/C21H24N2O/c1-12(2)17-8-6-7-13(3)20(17)23-21(24)16-9-10-19-18(11-16)14(4)15(5)22-19/h6-12,22H,1-5H3,(H,23,24). The molecule has 2 aromatic carbocycles. The number of aromatic nitrogens is 1. The molecule has 3 heteroatoms. The van der Waals surface area contributed by atoms with Gasteiger partial charge >= 0.3 is 0 Å². The molecule has 0 fully saturated rings. The van der Waals surface area contributed by atoms with E-state index in [0.29, 0.717) is 11.5 Å². The summed E-state index contributed by atoms with van der Waals surface area (Å²) in [6, 6.07) is 12.0. The average Bonchev–Trinajstić information content (AvgIpc) is 2.83. The highest BCUT2D eigenvalue weighted by molar-refractivity contribution is 6.07. The summed E-state index contributed by atoms with van der Waals surface area (Å²) in [5.41, 5.74) is 7.27. The molecule has 0 saturated carbocycles. The molecule has 0 aliphatic heterocycles. The number of benzene rings is 2. The van der Waals surface area contributed by atoms with Crippen molar-refractivity contribution in [1.82, 2.24) is 4.98 Å². The predicted octanol–water partition coefficient (Wildman–Crippen LogP) is 5.47. The molecule has 24 heavy (non-hydrogen) atoms. The fraction of sp³-hybridized carbons (Fsp3) is 0.286. The Balaban J connectivity index is 1.98. The molecule has 1 aromatic heterocycles. The van der Waals surface area contributed by atoms with Gasteiger partial charge in [-0.3, -0.25) is 4.79 Å². The van der Waals surface area contributed by atoms with Crippen LogP contribution in [-0.4, -0.2) is 10.9 Å². The van der Waals surface area contributed by atoms with Gasteiger partial charge in [-0.05, 0) is 61.6 Å². The van der Waals surface area contributed by atoms with E-state index in [1.807, 2.05) is 37.3 Å². The zero-order chi connectivity index (χ0) is 17.4. The molecule has 0 unspecified atom stereocenters. The van der Waals surface area contributed by atoms with Gasteiger partial charge in [0.1, 0.15) is 0 Å². The number of rotatable bonds is 3. The molecule has 0 saturated heterocycles. The lowest BCUT2D eigenvalue weighted by Gasteiger charge is -2.16. The van der Waals surface area contributed by atoms with Gasteiger partial charge in [0.25, 0.3) is 5.91 Å². The minimum absolute atomic E-state index is 0.0636. The van der Waals surface area contributed by atoms with Crippen molar-refractivity contribution >= 4 is 22.5 Å². The lowest BCUT2D eigenvalue weighted by atomic mass is 9.98. The minimum Gasteiger partial charge on any atom is -0.358 e. The summed E-state index contributed by atoms with van der Waals surface area (Å²) >= 11 is 0. The van der Waals surface area contributed by atoms with Crippen molar-refractivity contribution in [3.63, 3.8) is 0 Å². The van der Waals surface area contributed by atoms with E-state index in [0.717, 1.165) is 33.4 Å². The zero-order valence-corrected chi connectivity index (χ0v) is 14.9. The summed E-state index contributed by atoms with van der Waals surface area (Å²) in [5.74, 6) is 0.295. The van der Waals surface area contributed by atoms with Crippen LogP contribution >= 0.6 is 0 Å². The third-order valence-electron chi connectivity index (χ3n) is 4.74. The number of carbonyl (C=O) groups excluding carboxylic acids is 1. The number of H-pyrrole nitrogens is 1. The van der Waals surface area contributed by atoms with Crippen LogP contribution < -0.4 is 5.32 Å². The second-order valence-electron chi connectivity index (χ2n) is 6.78. The normalized spacial score (nSPS) is 11.2. The quantitative estimate of drug-likeness (QED) is 0.660. The van der Waals surface area contributed by atoms with Crippen molar-refractivity contribution < 1.29 is 4.79 Å². The van der Waals surface area contributed by atoms with Crippen molar-refractivity contribution in [3.05, 3.63) is 64.3 Å². The largest absolute Gasteiger partial charge is 0.358 e. The molecule has 0 aliphatic rings. The number of nitrogens with one attached hydrogen (secondary N) is 2. The van der Waals surface area contributed by atoms with E-state index in [9.17, 15) is 4.79 Å². The Bertz CT molecular complexity index is 919. The number of amides is 1. The number of aromatic amines is 1. The van der Waals surface area contributed by atoms with Crippen molar-refractivity contribution in [2.45, 2.75) is 40.5 Å². The second-order valence-corrected chi connectivity index (χ2v) is 6.78. The molecule has 3 rings (SSSR count). The van der Waals surface area contributed by atoms with Crippen LogP contribution in [0.2, 0.25) is 0 Å². The van der Waals surface area contributed by atoms with E-state index in [4.69, 9.17) is 0 Å². The molecule has 0 aliphatic carbocycles. The van der Waals surface area contributed by atoms with E-state index in [1.54, 1.807) is 0 Å². The number of hydrogen-bond donors (Lipinski definition) is 2. The molecule has 1 heterocycles. The topological polar surface area (TPSA) is 44.9 Å². The van der Waals surface area contributed by atoms with Crippen molar-refractivity contribution in [2.75, 3.05) is 5.32 Å². The third-order valence-corrected chi connectivity index (χ3v) is 4.74. The summed E-state index contributed by atoms with van der Waals surface area (Å²) in [4.78, 5) is 16.1. The van der Waals surface area contributed by atoms with E-state index in [1.165, 1.54) is 5.56 Å². The fourth-order valence-electron chi connectivity index (χ4n) is 3.13. The summed E-state index contributed by atoms with van der Waals surface area (Å²) < 4.78 is 0. The number of hydrogen-bond acceptors (Lipinski definition) is 1. The van der Waals surface area contributed by atoms with E-state index >= 15 is 0 Å². The highest BCUT2D eigenvalue weighted by atomic mass is 16.1. The first kappa shape index (κ1) is 16.3. The van der Waals surface area contributed by atoms with Gasteiger partial charge in [0.05, 0.1) is 0 Å². The lowest BCUT2D eigenvalue weighted by molar-refractivity contribution is 0.102. The number of carbonyl (C=O) groups is 1. The molecule has 2 N–H and O–H groups in total. The molecule has 3 nitrogen and oxygen atoms in total. The van der Waals surface area contributed by atoms with Crippen molar-refractivity contribution in [1.29, 1.82) is 0 Å². The number of anilines is 1. The maximum atomic E-state index is 12.8. The molecule has 0 atom stereocenters. The molecular weight excluding hydrogens is 296 g/mol. The van der Waals surface area contributed by atoms with Crippen molar-refractivity contribution in [3.8, 4) is 0 Å². The van der Waals surface area contributed by atoms with Crippen LogP contribution in [0, 0.1) is 20.8 Å². The Labute approximate surface area is 143 Å². The third kappa shape index (κ3) is 2.82. The Morgan fingerprint density at radius 3 is 2.54 bits per heavy atom. The van der Waals surface area contributed by atoms with Crippen LogP contribution in [0.15, 0.2) is 36.4 Å². The highest BCUT2D eigenvalue weighted by Gasteiger charge is 2.14. The number of aryl methyl sites for hydroxylation is 3. The fourth-order valence-corrected chi connectivity index (χ4v) is 3.13. The second kappa shape index (κ2) is 6.16. The average molecular weight is 320 g/mol. The van der Waals surface area contributed by atoms with Gasteiger partial charge in [-0.1, -0.05) is 32.0 Å². The molecule has 0 radical (unpaired) electrons. The lowest BCUT2D eigenvalue weighted by Crippen LogP contribution is -2.14. The maximum Gasteiger partial charge on any atom is 0.255 e. The first-order valence-electron chi connectivity index (χ1n) is 8.38. The number of para-hydroxylation sites is 1. The molecule has 3 aromatic rings. The molecular formula is C21H24N2O. The van der Waals surface area contributed by atoms with Crippen LogP contribution in [0.1, 0.15) is 52.5 Å².